The summed E-state index contributed by atoms with van der Waals surface area (Å²) >= 11 is 5.11. The number of rotatable bonds is 7. The number of hydrogen-bond acceptors (Lipinski definition) is 4. The molecule has 1 aliphatic rings. The molecule has 7 heteroatoms. The molecule has 2 aromatic rings. The molecule has 0 bridgehead atoms. The van der Waals surface area contributed by atoms with Crippen molar-refractivity contribution >= 4 is 44.8 Å². The minimum atomic E-state index is -0.275. The summed E-state index contributed by atoms with van der Waals surface area (Å²) < 4.78 is 0.922. The van der Waals surface area contributed by atoms with Gasteiger partial charge in [-0.05, 0) is 44.4 Å². The lowest BCUT2D eigenvalue weighted by Crippen LogP contribution is -2.33. The third kappa shape index (κ3) is 4.92. The topological polar surface area (TPSA) is 62.3 Å². The summed E-state index contributed by atoms with van der Waals surface area (Å²) in [6, 6.07) is 7.60. The predicted molar refractivity (Wildman–Crippen MR) is 107 cm³/mol. The lowest BCUT2D eigenvalue weighted by Gasteiger charge is -2.17. The Balaban J connectivity index is 1.42. The molecule has 1 aromatic carbocycles. The number of hydrogen-bond donors (Lipinski definition) is 1. The Morgan fingerprint density at radius 2 is 2.27 bits per heavy atom. The van der Waals surface area contributed by atoms with E-state index in [1.165, 1.54) is 0 Å². The van der Waals surface area contributed by atoms with Crippen LogP contribution in [-0.4, -0.2) is 29.9 Å². The van der Waals surface area contributed by atoms with Gasteiger partial charge in [-0.15, -0.1) is 11.3 Å². The van der Waals surface area contributed by atoms with Crippen LogP contribution < -0.4 is 10.2 Å². The molecule has 0 spiro atoms. The highest BCUT2D eigenvalue weighted by atomic mass is 79.9. The highest BCUT2D eigenvalue weighted by Gasteiger charge is 2.34. The number of halogens is 1. The first-order valence-electron chi connectivity index (χ1n) is 8.77. The van der Waals surface area contributed by atoms with Gasteiger partial charge in [0.05, 0.1) is 10.9 Å². The van der Waals surface area contributed by atoms with Crippen molar-refractivity contribution in [3.8, 4) is 0 Å². The normalized spacial score (nSPS) is 16.9. The number of thiazole rings is 1. The van der Waals surface area contributed by atoms with Crippen LogP contribution >= 0.6 is 27.3 Å². The summed E-state index contributed by atoms with van der Waals surface area (Å²) in [6.45, 7) is 3.09. The Morgan fingerprint density at radius 1 is 1.42 bits per heavy atom. The van der Waals surface area contributed by atoms with Gasteiger partial charge in [-0.25, -0.2) is 4.98 Å². The minimum absolute atomic E-state index is 0.00221. The van der Waals surface area contributed by atoms with Crippen LogP contribution in [-0.2, 0) is 16.0 Å². The van der Waals surface area contributed by atoms with E-state index in [4.69, 9.17) is 0 Å². The van der Waals surface area contributed by atoms with E-state index in [-0.39, 0.29) is 24.2 Å². The van der Waals surface area contributed by atoms with E-state index in [9.17, 15) is 9.59 Å². The third-order valence-corrected chi connectivity index (χ3v) is 5.92. The Bertz CT molecular complexity index is 793. The summed E-state index contributed by atoms with van der Waals surface area (Å²) in [4.78, 5) is 30.8. The van der Waals surface area contributed by atoms with Crippen LogP contribution in [0.4, 0.5) is 5.69 Å². The van der Waals surface area contributed by atoms with Gasteiger partial charge in [0, 0.05) is 40.7 Å². The van der Waals surface area contributed by atoms with Crippen LogP contribution in [0.1, 0.15) is 30.0 Å². The average molecular weight is 436 g/mol. The van der Waals surface area contributed by atoms with Crippen LogP contribution in [0.5, 0.6) is 0 Å². The van der Waals surface area contributed by atoms with Gasteiger partial charge >= 0.3 is 0 Å². The minimum Gasteiger partial charge on any atom is -0.356 e. The number of nitrogens with one attached hydrogen (secondary N) is 1. The SMILES string of the molecule is Cc1csc(CCCCNC(=O)C2CC(=O)N(c3cccc(Br)c3)C2)n1. The zero-order chi connectivity index (χ0) is 18.5. The van der Waals surface area contributed by atoms with E-state index < -0.39 is 0 Å². The Morgan fingerprint density at radius 3 is 3.00 bits per heavy atom. The van der Waals surface area contributed by atoms with Crippen LogP contribution in [0.3, 0.4) is 0 Å². The molecule has 1 N–H and O–H groups in total. The maximum Gasteiger partial charge on any atom is 0.227 e. The first-order valence-corrected chi connectivity index (χ1v) is 10.4. The lowest BCUT2D eigenvalue weighted by molar-refractivity contribution is -0.126. The molecule has 1 unspecified atom stereocenters. The standard InChI is InChI=1S/C19H22BrN3O2S/c1-13-12-26-17(22-13)7-2-3-8-21-19(25)14-9-18(24)23(11-14)16-6-4-5-15(20)10-16/h4-6,10,12,14H,2-3,7-9,11H2,1H3,(H,21,25). The molecule has 0 radical (unpaired) electrons. The van der Waals surface area contributed by atoms with E-state index in [0.717, 1.165) is 40.1 Å². The summed E-state index contributed by atoms with van der Waals surface area (Å²) in [5, 5.41) is 6.19. The number of anilines is 1. The van der Waals surface area contributed by atoms with E-state index in [2.05, 4.69) is 31.6 Å². The number of aromatic nitrogens is 1. The van der Waals surface area contributed by atoms with Crippen molar-refractivity contribution in [2.75, 3.05) is 18.0 Å². The molecular weight excluding hydrogens is 414 g/mol. The Labute approximate surface area is 165 Å². The number of carbonyl (C=O) groups is 2. The zero-order valence-electron chi connectivity index (χ0n) is 14.7. The zero-order valence-corrected chi connectivity index (χ0v) is 17.1. The molecule has 1 atom stereocenters. The second-order valence-corrected chi connectivity index (χ2v) is 8.37. The van der Waals surface area contributed by atoms with Gasteiger partial charge in [-0.1, -0.05) is 22.0 Å². The van der Waals surface area contributed by atoms with E-state index in [1.807, 2.05) is 31.2 Å². The van der Waals surface area contributed by atoms with Crippen LogP contribution in [0.15, 0.2) is 34.1 Å². The molecule has 26 heavy (non-hydrogen) atoms. The molecule has 0 saturated carbocycles. The van der Waals surface area contributed by atoms with Gasteiger partial charge in [0.15, 0.2) is 0 Å². The van der Waals surface area contributed by atoms with E-state index in [0.29, 0.717) is 13.1 Å². The predicted octanol–water partition coefficient (Wildman–Crippen LogP) is 3.71. The van der Waals surface area contributed by atoms with E-state index >= 15 is 0 Å². The fourth-order valence-electron chi connectivity index (χ4n) is 3.05. The van der Waals surface area contributed by atoms with Crippen molar-refractivity contribution in [1.29, 1.82) is 0 Å². The highest BCUT2D eigenvalue weighted by Crippen LogP contribution is 2.27. The van der Waals surface area contributed by atoms with Crippen LogP contribution in [0.2, 0.25) is 0 Å². The third-order valence-electron chi connectivity index (χ3n) is 4.40. The Hall–Kier alpha value is -1.73. The lowest BCUT2D eigenvalue weighted by atomic mass is 10.1. The van der Waals surface area contributed by atoms with E-state index in [1.54, 1.807) is 16.2 Å². The first kappa shape index (κ1) is 19.0. The largest absolute Gasteiger partial charge is 0.356 e. The van der Waals surface area contributed by atoms with Gasteiger partial charge in [-0.3, -0.25) is 9.59 Å². The fourth-order valence-corrected chi connectivity index (χ4v) is 4.26. The van der Waals surface area contributed by atoms with Crippen molar-refractivity contribution in [1.82, 2.24) is 10.3 Å². The summed E-state index contributed by atoms with van der Waals surface area (Å²) in [6.07, 6.45) is 3.14. The highest BCUT2D eigenvalue weighted by molar-refractivity contribution is 9.10. The number of aryl methyl sites for hydroxylation is 2. The van der Waals surface area contributed by atoms with Crippen molar-refractivity contribution in [3.63, 3.8) is 0 Å². The average Bonchev–Trinajstić information content (AvgIpc) is 3.20. The Kier molecular flexibility index (Phi) is 6.43. The number of unbranched alkanes of at least 4 members (excludes halogenated alkanes) is 1. The maximum atomic E-state index is 12.4. The smallest absolute Gasteiger partial charge is 0.227 e. The van der Waals surface area contributed by atoms with Crippen molar-refractivity contribution in [2.45, 2.75) is 32.6 Å². The van der Waals surface area contributed by atoms with Gasteiger partial charge < -0.3 is 10.2 Å². The van der Waals surface area contributed by atoms with Crippen LogP contribution in [0.25, 0.3) is 0 Å². The van der Waals surface area contributed by atoms with Gasteiger partial charge in [-0.2, -0.15) is 0 Å². The molecule has 0 aliphatic carbocycles. The molecular formula is C19H22BrN3O2S. The van der Waals surface area contributed by atoms with Gasteiger partial charge in [0.25, 0.3) is 0 Å². The molecule has 5 nitrogen and oxygen atoms in total. The molecule has 1 saturated heterocycles. The maximum absolute atomic E-state index is 12.4. The van der Waals surface area contributed by atoms with Crippen molar-refractivity contribution in [3.05, 3.63) is 44.8 Å². The molecule has 1 aliphatic heterocycles. The number of nitrogens with zero attached hydrogens (tertiary/aromatic N) is 2. The summed E-state index contributed by atoms with van der Waals surface area (Å²) in [5.74, 6) is -0.300. The second-order valence-electron chi connectivity index (χ2n) is 6.52. The van der Waals surface area contributed by atoms with Crippen molar-refractivity contribution in [2.24, 2.45) is 5.92 Å². The second kappa shape index (κ2) is 8.77. The molecule has 1 fully saturated rings. The number of benzene rings is 1. The number of carbonyl (C=O) groups excluding carboxylic acids is 2. The molecule has 2 heterocycles. The number of amides is 2. The summed E-state index contributed by atoms with van der Waals surface area (Å²) in [5.41, 5.74) is 1.90. The summed E-state index contributed by atoms with van der Waals surface area (Å²) in [7, 11) is 0. The fraction of sp³-hybridized carbons (Fsp3) is 0.421. The quantitative estimate of drug-likeness (QED) is 0.674. The molecule has 3 rings (SSSR count). The molecule has 2 amide bonds. The van der Waals surface area contributed by atoms with Crippen molar-refractivity contribution < 1.29 is 9.59 Å². The van der Waals surface area contributed by atoms with Gasteiger partial charge in [0.2, 0.25) is 11.8 Å². The monoisotopic (exact) mass is 435 g/mol. The van der Waals surface area contributed by atoms with Crippen LogP contribution in [0, 0.1) is 12.8 Å². The molecule has 1 aromatic heterocycles. The van der Waals surface area contributed by atoms with Gasteiger partial charge in [0.1, 0.15) is 0 Å². The first-order chi connectivity index (χ1) is 12.5. The molecule has 138 valence electrons.